The quantitative estimate of drug-likeness (QED) is 0.715. The van der Waals surface area contributed by atoms with Crippen LogP contribution in [0, 0.1) is 5.82 Å². The Hall–Kier alpha value is -1.65. The maximum Gasteiger partial charge on any atom is 0.339 e. The molecular weight excluding hydrogens is 201 g/mol. The molecule has 5 heteroatoms. The molecule has 1 heterocycles. The molecule has 82 valence electrons. The van der Waals surface area contributed by atoms with Crippen LogP contribution >= 0.6 is 0 Å². The predicted molar refractivity (Wildman–Crippen MR) is 51.3 cm³/mol. The van der Waals surface area contributed by atoms with E-state index in [0.717, 1.165) is 12.5 Å². The van der Waals surface area contributed by atoms with Crippen LogP contribution in [0.3, 0.4) is 0 Å². The minimum atomic E-state index is -0.661. The van der Waals surface area contributed by atoms with Crippen molar-refractivity contribution in [3.63, 3.8) is 0 Å². The van der Waals surface area contributed by atoms with Gasteiger partial charge < -0.3 is 9.47 Å². The fraction of sp³-hybridized carbons (Fsp3) is 0.400. The van der Waals surface area contributed by atoms with Crippen molar-refractivity contribution in [2.24, 2.45) is 0 Å². The zero-order valence-corrected chi connectivity index (χ0v) is 8.62. The molecule has 0 aromatic carbocycles. The molecule has 4 nitrogen and oxygen atoms in total. The predicted octanol–water partition coefficient (Wildman–Crippen LogP) is 1.80. The van der Waals surface area contributed by atoms with Crippen LogP contribution in [0.25, 0.3) is 0 Å². The summed E-state index contributed by atoms with van der Waals surface area (Å²) in [5, 5.41) is 0. The van der Waals surface area contributed by atoms with E-state index in [1.807, 2.05) is 6.92 Å². The highest BCUT2D eigenvalue weighted by molar-refractivity contribution is 5.88. The Labute approximate surface area is 87.0 Å². The van der Waals surface area contributed by atoms with E-state index in [-0.39, 0.29) is 11.4 Å². The van der Waals surface area contributed by atoms with Crippen molar-refractivity contribution < 1.29 is 18.7 Å². The average molecular weight is 213 g/mol. The summed E-state index contributed by atoms with van der Waals surface area (Å²) >= 11 is 0. The fourth-order valence-electron chi connectivity index (χ4n) is 0.960. The van der Waals surface area contributed by atoms with E-state index in [1.165, 1.54) is 13.3 Å². The number of methoxy groups -OCH3 is 1. The van der Waals surface area contributed by atoms with E-state index in [0.29, 0.717) is 6.61 Å². The molecule has 1 aromatic rings. The van der Waals surface area contributed by atoms with Gasteiger partial charge in [0.15, 0.2) is 5.82 Å². The summed E-state index contributed by atoms with van der Waals surface area (Å²) in [6.07, 6.45) is 1.99. The topological polar surface area (TPSA) is 48.4 Å². The molecule has 1 rings (SSSR count). The van der Waals surface area contributed by atoms with Crippen LogP contribution in [-0.2, 0) is 4.74 Å². The highest BCUT2D eigenvalue weighted by atomic mass is 19.1. The van der Waals surface area contributed by atoms with E-state index in [1.54, 1.807) is 0 Å². The summed E-state index contributed by atoms with van der Waals surface area (Å²) in [5.74, 6) is -1.38. The maximum absolute atomic E-state index is 13.3. The van der Waals surface area contributed by atoms with Gasteiger partial charge >= 0.3 is 5.97 Å². The number of pyridine rings is 1. The van der Waals surface area contributed by atoms with Crippen LogP contribution in [0.2, 0.25) is 0 Å². The van der Waals surface area contributed by atoms with Crippen LogP contribution < -0.4 is 4.74 Å². The van der Waals surface area contributed by atoms with Gasteiger partial charge in [0.05, 0.1) is 19.3 Å². The van der Waals surface area contributed by atoms with Crippen LogP contribution in [0.15, 0.2) is 12.3 Å². The Bertz CT molecular complexity index is 355. The first-order valence-corrected chi connectivity index (χ1v) is 4.55. The zero-order valence-electron chi connectivity index (χ0n) is 8.62. The lowest BCUT2D eigenvalue weighted by atomic mass is 10.3. The van der Waals surface area contributed by atoms with Crippen LogP contribution in [0.4, 0.5) is 4.39 Å². The molecule has 0 aliphatic heterocycles. The maximum atomic E-state index is 13.3. The van der Waals surface area contributed by atoms with Gasteiger partial charge in [-0.3, -0.25) is 0 Å². The largest absolute Gasteiger partial charge is 0.476 e. The Morgan fingerprint density at radius 2 is 2.33 bits per heavy atom. The number of nitrogens with zero attached hydrogens (tertiary/aromatic N) is 1. The molecule has 0 radical (unpaired) electrons. The Balaban J connectivity index is 2.83. The fourth-order valence-corrected chi connectivity index (χ4v) is 0.960. The molecule has 15 heavy (non-hydrogen) atoms. The summed E-state index contributed by atoms with van der Waals surface area (Å²) in [7, 11) is 1.22. The zero-order chi connectivity index (χ0) is 11.3. The summed E-state index contributed by atoms with van der Waals surface area (Å²) < 4.78 is 22.7. The summed E-state index contributed by atoms with van der Waals surface area (Å²) in [6.45, 7) is 2.29. The monoisotopic (exact) mass is 213 g/mol. The standard InChI is InChI=1S/C10H12FNO3/c1-3-4-15-9-8(11)5-7(6-12-9)10(13)14-2/h5-6H,3-4H2,1-2H3. The van der Waals surface area contributed by atoms with Crippen molar-refractivity contribution in [2.45, 2.75) is 13.3 Å². The molecule has 0 saturated carbocycles. The van der Waals surface area contributed by atoms with Gasteiger partial charge in [-0.1, -0.05) is 6.92 Å². The molecular formula is C10H12FNO3. The van der Waals surface area contributed by atoms with E-state index >= 15 is 0 Å². The lowest BCUT2D eigenvalue weighted by Gasteiger charge is -2.05. The first kappa shape index (κ1) is 11.4. The van der Waals surface area contributed by atoms with Gasteiger partial charge in [-0.25, -0.2) is 14.2 Å². The van der Waals surface area contributed by atoms with Crippen molar-refractivity contribution in [1.29, 1.82) is 0 Å². The smallest absolute Gasteiger partial charge is 0.339 e. The van der Waals surface area contributed by atoms with Crippen LogP contribution in [0.5, 0.6) is 5.88 Å². The first-order valence-electron chi connectivity index (χ1n) is 4.55. The van der Waals surface area contributed by atoms with Crippen molar-refractivity contribution in [1.82, 2.24) is 4.98 Å². The molecule has 0 fully saturated rings. The minimum absolute atomic E-state index is 0.0684. The van der Waals surface area contributed by atoms with Gasteiger partial charge in [0.25, 0.3) is 0 Å². The number of carbonyl (C=O) groups excluding carboxylic acids is 1. The van der Waals surface area contributed by atoms with Gasteiger partial charge in [0, 0.05) is 6.20 Å². The van der Waals surface area contributed by atoms with Gasteiger partial charge in [0.1, 0.15) is 0 Å². The minimum Gasteiger partial charge on any atom is -0.476 e. The molecule has 0 aliphatic rings. The Morgan fingerprint density at radius 3 is 2.87 bits per heavy atom. The first-order chi connectivity index (χ1) is 7.19. The van der Waals surface area contributed by atoms with E-state index in [9.17, 15) is 9.18 Å². The normalized spacial score (nSPS) is 9.80. The molecule has 0 bridgehead atoms. The Morgan fingerprint density at radius 1 is 1.60 bits per heavy atom. The van der Waals surface area contributed by atoms with Crippen molar-refractivity contribution in [2.75, 3.05) is 13.7 Å². The van der Waals surface area contributed by atoms with Crippen LogP contribution in [0.1, 0.15) is 23.7 Å². The SMILES string of the molecule is CCCOc1ncc(C(=O)OC)cc1F. The van der Waals surface area contributed by atoms with Gasteiger partial charge in [0.2, 0.25) is 5.88 Å². The second-order valence-electron chi connectivity index (χ2n) is 2.85. The summed E-state index contributed by atoms with van der Waals surface area (Å²) in [4.78, 5) is 14.7. The van der Waals surface area contributed by atoms with E-state index in [4.69, 9.17) is 4.74 Å². The summed E-state index contributed by atoms with van der Waals surface area (Å²) in [6, 6.07) is 1.05. The number of hydrogen-bond donors (Lipinski definition) is 0. The van der Waals surface area contributed by atoms with Gasteiger partial charge in [-0.05, 0) is 12.5 Å². The summed E-state index contributed by atoms with van der Waals surface area (Å²) in [5.41, 5.74) is 0.0684. The van der Waals surface area contributed by atoms with Crippen molar-refractivity contribution in [3.8, 4) is 5.88 Å². The van der Waals surface area contributed by atoms with Gasteiger partial charge in [-0.2, -0.15) is 0 Å². The van der Waals surface area contributed by atoms with Crippen molar-refractivity contribution >= 4 is 5.97 Å². The molecule has 0 spiro atoms. The number of halogens is 1. The number of rotatable bonds is 4. The number of ether oxygens (including phenoxy) is 2. The molecule has 0 amide bonds. The highest BCUT2D eigenvalue weighted by Gasteiger charge is 2.11. The third-order valence-electron chi connectivity index (χ3n) is 1.67. The molecule has 0 aliphatic carbocycles. The molecule has 0 N–H and O–H groups in total. The number of esters is 1. The second kappa shape index (κ2) is 5.29. The molecule has 0 unspecified atom stereocenters. The molecule has 1 aromatic heterocycles. The molecule has 0 saturated heterocycles. The van der Waals surface area contributed by atoms with Gasteiger partial charge in [-0.15, -0.1) is 0 Å². The molecule has 0 atom stereocenters. The highest BCUT2D eigenvalue weighted by Crippen LogP contribution is 2.15. The van der Waals surface area contributed by atoms with Crippen LogP contribution in [-0.4, -0.2) is 24.7 Å². The number of aromatic nitrogens is 1. The number of carbonyl (C=O) groups is 1. The third-order valence-corrected chi connectivity index (χ3v) is 1.67. The second-order valence-corrected chi connectivity index (χ2v) is 2.85. The number of hydrogen-bond acceptors (Lipinski definition) is 4. The average Bonchev–Trinajstić information content (AvgIpc) is 2.26. The lowest BCUT2D eigenvalue weighted by molar-refractivity contribution is 0.0599. The lowest BCUT2D eigenvalue weighted by Crippen LogP contribution is -2.05. The third kappa shape index (κ3) is 2.90. The Kier molecular flexibility index (Phi) is 4.03. The van der Waals surface area contributed by atoms with E-state index in [2.05, 4.69) is 9.72 Å². The van der Waals surface area contributed by atoms with E-state index < -0.39 is 11.8 Å². The van der Waals surface area contributed by atoms with Crippen molar-refractivity contribution in [3.05, 3.63) is 23.6 Å².